The summed E-state index contributed by atoms with van der Waals surface area (Å²) in [4.78, 5) is -0.543. The molecule has 46 heavy (non-hydrogen) atoms. The highest BCUT2D eigenvalue weighted by molar-refractivity contribution is 7.86. The van der Waals surface area contributed by atoms with Crippen molar-refractivity contribution in [1.82, 2.24) is 0 Å². The Labute approximate surface area is 263 Å². The molecule has 14 heteroatoms. The van der Waals surface area contributed by atoms with Crippen molar-refractivity contribution in [3.05, 3.63) is 109 Å². The summed E-state index contributed by atoms with van der Waals surface area (Å²) < 4.78 is 65.4. The Morgan fingerprint density at radius 3 is 1.15 bits per heavy atom. The van der Waals surface area contributed by atoms with E-state index in [4.69, 9.17) is 11.5 Å². The Morgan fingerprint density at radius 2 is 0.804 bits per heavy atom. The van der Waals surface area contributed by atoms with E-state index in [-0.39, 0.29) is 9.79 Å². The second kappa shape index (κ2) is 11.8. The second-order valence-corrected chi connectivity index (χ2v) is 13.0. The summed E-state index contributed by atoms with van der Waals surface area (Å²) in [6, 6.07) is 29.3. The van der Waals surface area contributed by atoms with Crippen LogP contribution in [0, 0.1) is 0 Å². The first-order valence-electron chi connectivity index (χ1n) is 13.5. The van der Waals surface area contributed by atoms with E-state index in [1.54, 1.807) is 48.5 Å². The molecule has 6 aromatic rings. The van der Waals surface area contributed by atoms with Crippen LogP contribution in [0.4, 0.5) is 34.1 Å². The number of nitrogens with zero attached hydrogens (tertiary/aromatic N) is 4. The van der Waals surface area contributed by atoms with E-state index in [0.717, 1.165) is 11.1 Å². The SMILES string of the molecule is Nc1ccc(N=Nc2ccc(-c3ccc(N=Nc4ccc(N)c5ccc(S(=O)(=O)O)cc45)cc3)cc2)c2cc(S(=O)(=O)O)ccc12. The number of hydrogen-bond acceptors (Lipinski definition) is 10. The third-order valence-corrected chi connectivity index (χ3v) is 8.91. The zero-order valence-corrected chi connectivity index (χ0v) is 25.3. The quantitative estimate of drug-likeness (QED) is 0.0749. The topological polar surface area (TPSA) is 210 Å². The molecule has 0 aliphatic rings. The van der Waals surface area contributed by atoms with Crippen molar-refractivity contribution in [2.75, 3.05) is 11.5 Å². The normalized spacial score (nSPS) is 12.5. The molecule has 0 saturated heterocycles. The van der Waals surface area contributed by atoms with E-state index < -0.39 is 20.2 Å². The summed E-state index contributed by atoms with van der Waals surface area (Å²) in [5.74, 6) is 0. The van der Waals surface area contributed by atoms with Gasteiger partial charge in [0.15, 0.2) is 0 Å². The molecule has 0 aliphatic carbocycles. The van der Waals surface area contributed by atoms with Crippen LogP contribution in [-0.2, 0) is 20.2 Å². The van der Waals surface area contributed by atoms with Crippen LogP contribution in [0.15, 0.2) is 139 Å². The highest BCUT2D eigenvalue weighted by Crippen LogP contribution is 2.35. The lowest BCUT2D eigenvalue weighted by atomic mass is 10.1. The van der Waals surface area contributed by atoms with Crippen LogP contribution in [-0.4, -0.2) is 25.9 Å². The summed E-state index contributed by atoms with van der Waals surface area (Å²) in [6.45, 7) is 0. The minimum Gasteiger partial charge on any atom is -0.398 e. The van der Waals surface area contributed by atoms with Gasteiger partial charge in [0.05, 0.1) is 32.5 Å². The van der Waals surface area contributed by atoms with Crippen molar-refractivity contribution in [2.24, 2.45) is 20.5 Å². The summed E-state index contributed by atoms with van der Waals surface area (Å²) in [5.41, 5.74) is 16.6. The summed E-state index contributed by atoms with van der Waals surface area (Å²) in [6.07, 6.45) is 0. The first-order chi connectivity index (χ1) is 21.9. The molecular weight excluding hydrogens is 629 g/mol. The van der Waals surface area contributed by atoms with Gasteiger partial charge in [-0.25, -0.2) is 0 Å². The third kappa shape index (κ3) is 6.31. The molecule has 12 nitrogen and oxygen atoms in total. The number of benzene rings is 6. The van der Waals surface area contributed by atoms with Gasteiger partial charge in [0.25, 0.3) is 20.2 Å². The Morgan fingerprint density at radius 1 is 0.435 bits per heavy atom. The van der Waals surface area contributed by atoms with Crippen molar-refractivity contribution in [3.63, 3.8) is 0 Å². The maximum absolute atomic E-state index is 11.6. The zero-order valence-electron chi connectivity index (χ0n) is 23.7. The summed E-state index contributed by atoms with van der Waals surface area (Å²) in [5, 5.41) is 19.2. The highest BCUT2D eigenvalue weighted by atomic mass is 32.2. The van der Waals surface area contributed by atoms with Gasteiger partial charge in [0, 0.05) is 32.9 Å². The molecule has 0 bridgehead atoms. The number of anilines is 2. The van der Waals surface area contributed by atoms with Gasteiger partial charge in [-0.3, -0.25) is 9.11 Å². The van der Waals surface area contributed by atoms with Gasteiger partial charge in [0.2, 0.25) is 0 Å². The molecule has 6 rings (SSSR count). The van der Waals surface area contributed by atoms with Gasteiger partial charge < -0.3 is 11.5 Å². The molecule has 6 aromatic carbocycles. The zero-order chi connectivity index (χ0) is 32.6. The number of rotatable bonds is 7. The molecule has 0 radical (unpaired) electrons. The van der Waals surface area contributed by atoms with Gasteiger partial charge in [-0.1, -0.05) is 36.4 Å². The Bertz CT molecular complexity index is 2260. The van der Waals surface area contributed by atoms with Crippen LogP contribution in [0.5, 0.6) is 0 Å². The highest BCUT2D eigenvalue weighted by Gasteiger charge is 2.14. The molecule has 0 heterocycles. The maximum Gasteiger partial charge on any atom is 0.294 e. The molecule has 0 unspecified atom stereocenters. The van der Waals surface area contributed by atoms with Crippen molar-refractivity contribution in [1.29, 1.82) is 0 Å². The monoisotopic (exact) mass is 652 g/mol. The Balaban J connectivity index is 1.21. The van der Waals surface area contributed by atoms with Gasteiger partial charge in [-0.15, -0.1) is 10.2 Å². The number of azo groups is 2. The third-order valence-electron chi connectivity index (χ3n) is 7.21. The predicted molar refractivity (Wildman–Crippen MR) is 177 cm³/mol. The van der Waals surface area contributed by atoms with Crippen LogP contribution in [0.25, 0.3) is 32.7 Å². The number of nitrogens with two attached hydrogens (primary N) is 2. The van der Waals surface area contributed by atoms with Crippen molar-refractivity contribution >= 4 is 75.9 Å². The smallest absolute Gasteiger partial charge is 0.294 e. The first-order valence-corrected chi connectivity index (χ1v) is 16.4. The first kappa shape index (κ1) is 30.5. The van der Waals surface area contributed by atoms with Crippen molar-refractivity contribution < 1.29 is 25.9 Å². The predicted octanol–water partition coefficient (Wildman–Crippen LogP) is 8.15. The van der Waals surface area contributed by atoms with E-state index in [1.807, 2.05) is 24.3 Å². The lowest BCUT2D eigenvalue weighted by molar-refractivity contribution is 0.481. The molecule has 6 N–H and O–H groups in total. The van der Waals surface area contributed by atoms with Gasteiger partial charge in [-0.2, -0.15) is 27.1 Å². The maximum atomic E-state index is 11.6. The molecule has 0 saturated carbocycles. The van der Waals surface area contributed by atoms with E-state index in [9.17, 15) is 25.9 Å². The van der Waals surface area contributed by atoms with Crippen LogP contribution < -0.4 is 11.5 Å². The van der Waals surface area contributed by atoms with E-state index >= 15 is 0 Å². The largest absolute Gasteiger partial charge is 0.398 e. The minimum absolute atomic E-state index is 0.271. The van der Waals surface area contributed by atoms with Crippen LogP contribution in [0.2, 0.25) is 0 Å². The van der Waals surface area contributed by atoms with E-state index in [1.165, 1.54) is 36.4 Å². The van der Waals surface area contributed by atoms with E-state index in [0.29, 0.717) is 55.7 Å². The fourth-order valence-corrected chi connectivity index (χ4v) is 5.84. The number of nitrogen functional groups attached to an aromatic ring is 2. The van der Waals surface area contributed by atoms with Gasteiger partial charge in [-0.05, 0) is 83.9 Å². The van der Waals surface area contributed by atoms with Crippen LogP contribution >= 0.6 is 0 Å². The average molecular weight is 653 g/mol. The molecule has 0 aliphatic heterocycles. The number of fused-ring (bicyclic) bond motifs is 2. The molecule has 0 amide bonds. The Hall–Kier alpha value is -5.54. The molecule has 230 valence electrons. The molecule has 0 fully saturated rings. The molecule has 0 atom stereocenters. The minimum atomic E-state index is -4.41. The number of hydrogen-bond donors (Lipinski definition) is 4. The van der Waals surface area contributed by atoms with E-state index in [2.05, 4.69) is 20.5 Å². The molecule has 0 aromatic heterocycles. The standard InChI is InChI=1S/C32H24N6O6S2/c33-29-13-15-31(27-17-23(45(39,40)41)9-11-25(27)29)37-35-21-5-1-19(2-6-21)20-3-7-22(8-4-20)36-38-32-16-14-30(34)26-12-10-24(18-28(26)32)46(42,43)44/h1-18H,33-34H2,(H,39,40,41)(H,42,43,44). The van der Waals surface area contributed by atoms with Crippen LogP contribution in [0.1, 0.15) is 0 Å². The van der Waals surface area contributed by atoms with Gasteiger partial charge in [0.1, 0.15) is 0 Å². The fourth-order valence-electron chi connectivity index (χ4n) is 4.83. The average Bonchev–Trinajstić information content (AvgIpc) is 3.03. The van der Waals surface area contributed by atoms with Gasteiger partial charge >= 0.3 is 0 Å². The molecular formula is C32H24N6O6S2. The second-order valence-electron chi connectivity index (χ2n) is 10.2. The lowest BCUT2D eigenvalue weighted by Crippen LogP contribution is -1.98. The lowest BCUT2D eigenvalue weighted by Gasteiger charge is -2.07. The molecule has 0 spiro atoms. The fraction of sp³-hybridized carbons (Fsp3) is 0. The Kier molecular flexibility index (Phi) is 7.79. The summed E-state index contributed by atoms with van der Waals surface area (Å²) in [7, 11) is -8.82. The van der Waals surface area contributed by atoms with Crippen molar-refractivity contribution in [3.8, 4) is 11.1 Å². The summed E-state index contributed by atoms with van der Waals surface area (Å²) >= 11 is 0. The van der Waals surface area contributed by atoms with Crippen LogP contribution in [0.3, 0.4) is 0 Å². The van der Waals surface area contributed by atoms with Crippen molar-refractivity contribution in [2.45, 2.75) is 9.79 Å².